The van der Waals surface area contributed by atoms with Gasteiger partial charge < -0.3 is 5.41 Å². The summed E-state index contributed by atoms with van der Waals surface area (Å²) in [5, 5.41) is 6.93. The normalized spacial score (nSPS) is 9.00. The van der Waals surface area contributed by atoms with Crippen LogP contribution in [0.5, 0.6) is 0 Å². The molecule has 0 aromatic carbocycles. The van der Waals surface area contributed by atoms with Crippen molar-refractivity contribution in [3.63, 3.8) is 0 Å². The van der Waals surface area contributed by atoms with E-state index in [1.165, 1.54) is 6.21 Å². The van der Waals surface area contributed by atoms with E-state index in [4.69, 9.17) is 5.41 Å². The van der Waals surface area contributed by atoms with Crippen molar-refractivity contribution in [2.24, 2.45) is 0 Å². The first-order valence-corrected chi connectivity index (χ1v) is 2.75. The molecule has 0 fully saturated rings. The maximum Gasteiger partial charge on any atom is 0.0303 e. The minimum Gasteiger partial charge on any atom is -0.308 e. The van der Waals surface area contributed by atoms with Gasteiger partial charge in [0.15, 0.2) is 0 Å². The van der Waals surface area contributed by atoms with Crippen LogP contribution in [0.4, 0.5) is 0 Å². The highest BCUT2D eigenvalue weighted by Crippen LogP contribution is 1.99. The summed E-state index contributed by atoms with van der Waals surface area (Å²) in [4.78, 5) is 3.89. The Labute approximate surface area is 54.1 Å². The van der Waals surface area contributed by atoms with Gasteiger partial charge in [0, 0.05) is 18.6 Å². The lowest BCUT2D eigenvalue weighted by atomic mass is 10.2. The molecular formula is C7H8N2. The van der Waals surface area contributed by atoms with Crippen molar-refractivity contribution in [3.8, 4) is 0 Å². The molecule has 0 aliphatic carbocycles. The number of rotatable bonds is 1. The van der Waals surface area contributed by atoms with Crippen molar-refractivity contribution >= 4 is 6.21 Å². The average Bonchev–Trinajstić information content (AvgIpc) is 1.89. The second-order valence-corrected chi connectivity index (χ2v) is 1.88. The Hall–Kier alpha value is -1.18. The molecule has 0 atom stereocenters. The van der Waals surface area contributed by atoms with Crippen molar-refractivity contribution in [3.05, 3.63) is 29.6 Å². The van der Waals surface area contributed by atoms with E-state index < -0.39 is 0 Å². The minimum atomic E-state index is 0.935. The molecular weight excluding hydrogens is 112 g/mol. The predicted molar refractivity (Wildman–Crippen MR) is 36.9 cm³/mol. The van der Waals surface area contributed by atoms with Gasteiger partial charge >= 0.3 is 0 Å². The molecule has 2 heteroatoms. The van der Waals surface area contributed by atoms with Gasteiger partial charge in [-0.25, -0.2) is 0 Å². The summed E-state index contributed by atoms with van der Waals surface area (Å²) in [7, 11) is 0. The van der Waals surface area contributed by atoms with Gasteiger partial charge in [0.1, 0.15) is 0 Å². The van der Waals surface area contributed by atoms with Crippen LogP contribution in [0.2, 0.25) is 0 Å². The van der Waals surface area contributed by atoms with Crippen LogP contribution in [-0.2, 0) is 0 Å². The van der Waals surface area contributed by atoms with Gasteiger partial charge in [-0.1, -0.05) is 0 Å². The monoisotopic (exact) mass is 120 g/mol. The van der Waals surface area contributed by atoms with Crippen LogP contribution in [0, 0.1) is 12.3 Å². The lowest BCUT2D eigenvalue weighted by Gasteiger charge is -1.93. The third kappa shape index (κ3) is 1.13. The molecule has 2 nitrogen and oxygen atoms in total. The van der Waals surface area contributed by atoms with Gasteiger partial charge in [-0.05, 0) is 24.1 Å². The third-order valence-electron chi connectivity index (χ3n) is 1.22. The summed E-state index contributed by atoms with van der Waals surface area (Å²) >= 11 is 0. The molecule has 0 bridgehead atoms. The molecule has 0 spiro atoms. The fourth-order valence-corrected chi connectivity index (χ4v) is 0.646. The van der Waals surface area contributed by atoms with E-state index >= 15 is 0 Å². The molecule has 0 aliphatic rings. The number of hydrogen-bond acceptors (Lipinski definition) is 2. The summed E-state index contributed by atoms with van der Waals surface area (Å²) in [6.45, 7) is 1.94. The minimum absolute atomic E-state index is 0.935. The molecule has 1 N–H and O–H groups in total. The zero-order valence-corrected chi connectivity index (χ0v) is 5.26. The summed E-state index contributed by atoms with van der Waals surface area (Å²) < 4.78 is 0. The van der Waals surface area contributed by atoms with Crippen molar-refractivity contribution in [2.45, 2.75) is 6.92 Å². The third-order valence-corrected chi connectivity index (χ3v) is 1.22. The van der Waals surface area contributed by atoms with E-state index in [9.17, 15) is 0 Å². The number of nitrogens with zero attached hydrogens (tertiary/aromatic N) is 1. The highest BCUT2D eigenvalue weighted by molar-refractivity contribution is 5.78. The molecule has 1 heterocycles. The van der Waals surface area contributed by atoms with Gasteiger partial charge in [-0.15, -0.1) is 0 Å². The van der Waals surface area contributed by atoms with E-state index in [0.717, 1.165) is 11.1 Å². The molecule has 1 aromatic heterocycles. The molecule has 0 aliphatic heterocycles. The largest absolute Gasteiger partial charge is 0.308 e. The van der Waals surface area contributed by atoms with Crippen molar-refractivity contribution in [1.29, 1.82) is 5.41 Å². The lowest BCUT2D eigenvalue weighted by Crippen LogP contribution is -1.85. The van der Waals surface area contributed by atoms with Crippen LogP contribution in [-0.4, -0.2) is 11.2 Å². The summed E-state index contributed by atoms with van der Waals surface area (Å²) in [5.74, 6) is 0. The van der Waals surface area contributed by atoms with Gasteiger partial charge in [0.25, 0.3) is 0 Å². The summed E-state index contributed by atoms with van der Waals surface area (Å²) in [6.07, 6.45) is 4.77. The van der Waals surface area contributed by atoms with Gasteiger partial charge in [-0.2, -0.15) is 0 Å². The average molecular weight is 120 g/mol. The van der Waals surface area contributed by atoms with Gasteiger partial charge in [-0.3, -0.25) is 4.98 Å². The van der Waals surface area contributed by atoms with Gasteiger partial charge in [0.2, 0.25) is 0 Å². The Balaban J connectivity index is 3.15. The molecule has 1 aromatic rings. The number of pyridine rings is 1. The topological polar surface area (TPSA) is 36.7 Å². The molecule has 0 unspecified atom stereocenters. The fourth-order valence-electron chi connectivity index (χ4n) is 0.646. The van der Waals surface area contributed by atoms with E-state index in [2.05, 4.69) is 4.98 Å². The van der Waals surface area contributed by atoms with Crippen molar-refractivity contribution < 1.29 is 0 Å². The van der Waals surface area contributed by atoms with E-state index in [1.54, 1.807) is 12.4 Å². The number of nitrogens with one attached hydrogen (secondary N) is 1. The molecule has 46 valence electrons. The molecule has 9 heavy (non-hydrogen) atoms. The van der Waals surface area contributed by atoms with E-state index in [1.807, 2.05) is 13.0 Å². The highest BCUT2D eigenvalue weighted by atomic mass is 14.6. The van der Waals surface area contributed by atoms with Gasteiger partial charge in [0.05, 0.1) is 0 Å². The summed E-state index contributed by atoms with van der Waals surface area (Å²) in [6, 6.07) is 1.82. The van der Waals surface area contributed by atoms with E-state index in [0.29, 0.717) is 0 Å². The standard InChI is InChI=1S/C7H8N2/c1-6-5-9-3-2-7(6)4-8/h2-5,8H,1H3. The molecule has 0 saturated heterocycles. The summed E-state index contributed by atoms with van der Waals surface area (Å²) in [5.41, 5.74) is 1.98. The first-order chi connectivity index (χ1) is 4.34. The molecule has 0 amide bonds. The van der Waals surface area contributed by atoms with Crippen LogP contribution < -0.4 is 0 Å². The second kappa shape index (κ2) is 2.40. The van der Waals surface area contributed by atoms with Crippen LogP contribution in [0.1, 0.15) is 11.1 Å². The molecule has 0 radical (unpaired) electrons. The zero-order valence-electron chi connectivity index (χ0n) is 5.26. The first-order valence-electron chi connectivity index (χ1n) is 2.75. The zero-order chi connectivity index (χ0) is 6.69. The van der Waals surface area contributed by atoms with Crippen molar-refractivity contribution in [1.82, 2.24) is 4.98 Å². The predicted octanol–water partition coefficient (Wildman–Crippen LogP) is 1.39. The van der Waals surface area contributed by atoms with Crippen molar-refractivity contribution in [2.75, 3.05) is 0 Å². The first kappa shape index (κ1) is 5.95. The van der Waals surface area contributed by atoms with Crippen LogP contribution in [0.3, 0.4) is 0 Å². The number of aryl methyl sites for hydroxylation is 1. The SMILES string of the molecule is Cc1cnccc1C=N. The highest BCUT2D eigenvalue weighted by Gasteiger charge is 1.88. The number of hydrogen-bond donors (Lipinski definition) is 1. The van der Waals surface area contributed by atoms with Crippen LogP contribution in [0.15, 0.2) is 18.5 Å². The Kier molecular flexibility index (Phi) is 1.58. The Morgan fingerprint density at radius 3 is 2.89 bits per heavy atom. The maximum absolute atomic E-state index is 6.93. The quantitative estimate of drug-likeness (QED) is 0.558. The van der Waals surface area contributed by atoms with Crippen LogP contribution in [0.25, 0.3) is 0 Å². The smallest absolute Gasteiger partial charge is 0.0303 e. The molecule has 0 saturated carbocycles. The number of aromatic nitrogens is 1. The Morgan fingerprint density at radius 1 is 1.67 bits per heavy atom. The molecule has 1 rings (SSSR count). The Bertz CT molecular complexity index is 218. The maximum atomic E-state index is 6.93. The Morgan fingerprint density at radius 2 is 2.44 bits per heavy atom. The lowest BCUT2D eigenvalue weighted by molar-refractivity contribution is 1.26. The fraction of sp³-hybridized carbons (Fsp3) is 0.143. The second-order valence-electron chi connectivity index (χ2n) is 1.88. The van der Waals surface area contributed by atoms with Crippen LogP contribution >= 0.6 is 0 Å². The van der Waals surface area contributed by atoms with E-state index in [-0.39, 0.29) is 0 Å².